The first-order chi connectivity index (χ1) is 10.1. The molecule has 126 valence electrons. The fraction of sp³-hybridized carbons (Fsp3) is 0.571. The van der Waals surface area contributed by atoms with Crippen molar-refractivity contribution in [3.05, 3.63) is 29.8 Å². The molecule has 0 aliphatic carbocycles. The van der Waals surface area contributed by atoms with Crippen molar-refractivity contribution in [2.24, 2.45) is 5.73 Å². The number of hydrogen-bond acceptors (Lipinski definition) is 3. The molecule has 0 radical (unpaired) electrons. The van der Waals surface area contributed by atoms with Crippen LogP contribution in [0.25, 0.3) is 0 Å². The Bertz CT molecular complexity index is 571. The fourth-order valence-corrected chi connectivity index (χ4v) is 3.64. The molecule has 0 spiro atoms. The maximum absolute atomic E-state index is 12.3. The minimum Gasteiger partial charge on any atom is -0.329 e. The van der Waals surface area contributed by atoms with Crippen LogP contribution in [0.4, 0.5) is 13.2 Å². The number of nitrogens with two attached hydrogens (primary N) is 1. The van der Waals surface area contributed by atoms with Crippen LogP contribution < -0.4 is 10.5 Å². The van der Waals surface area contributed by atoms with Gasteiger partial charge < -0.3 is 5.73 Å². The number of hydrogen-bond donors (Lipinski definition) is 2. The Kier molecular flexibility index (Phi) is 6.00. The van der Waals surface area contributed by atoms with E-state index in [1.807, 2.05) is 13.8 Å². The number of rotatable bonds is 7. The summed E-state index contributed by atoms with van der Waals surface area (Å²) < 4.78 is 64.1. The lowest BCUT2D eigenvalue weighted by Gasteiger charge is -2.31. The van der Waals surface area contributed by atoms with E-state index < -0.39 is 28.2 Å². The molecule has 0 amide bonds. The van der Waals surface area contributed by atoms with Gasteiger partial charge in [-0.2, -0.15) is 13.2 Å². The zero-order valence-corrected chi connectivity index (χ0v) is 13.4. The van der Waals surface area contributed by atoms with Gasteiger partial charge in [0.05, 0.1) is 11.3 Å². The van der Waals surface area contributed by atoms with E-state index in [9.17, 15) is 21.6 Å². The van der Waals surface area contributed by atoms with Gasteiger partial charge in [-0.05, 0) is 30.5 Å². The first-order valence-corrected chi connectivity index (χ1v) is 8.45. The normalized spacial score (nSPS) is 13.4. The van der Waals surface area contributed by atoms with Crippen LogP contribution in [0.15, 0.2) is 29.2 Å². The molecule has 0 saturated carbocycles. The van der Waals surface area contributed by atoms with Crippen molar-refractivity contribution in [3.63, 3.8) is 0 Å². The second-order valence-corrected chi connectivity index (χ2v) is 6.92. The van der Waals surface area contributed by atoms with Crippen molar-refractivity contribution in [2.45, 2.75) is 49.7 Å². The lowest BCUT2D eigenvalue weighted by molar-refractivity contribution is -0.127. The van der Waals surface area contributed by atoms with Gasteiger partial charge in [0.1, 0.15) is 0 Å². The molecule has 1 rings (SSSR count). The van der Waals surface area contributed by atoms with Gasteiger partial charge in [-0.25, -0.2) is 13.1 Å². The number of sulfonamides is 1. The summed E-state index contributed by atoms with van der Waals surface area (Å²) in [5.41, 5.74) is 4.93. The summed E-state index contributed by atoms with van der Waals surface area (Å²) in [5.74, 6) is 0. The fourth-order valence-electron chi connectivity index (χ4n) is 2.09. The van der Waals surface area contributed by atoms with Crippen LogP contribution in [-0.2, 0) is 16.4 Å². The molecule has 22 heavy (non-hydrogen) atoms. The molecule has 3 N–H and O–H groups in total. The zero-order valence-electron chi connectivity index (χ0n) is 12.6. The molecule has 0 heterocycles. The molecule has 4 nitrogen and oxygen atoms in total. The van der Waals surface area contributed by atoms with E-state index in [1.165, 1.54) is 24.3 Å². The van der Waals surface area contributed by atoms with Crippen LogP contribution in [0.1, 0.15) is 32.3 Å². The van der Waals surface area contributed by atoms with Crippen molar-refractivity contribution >= 4 is 10.0 Å². The van der Waals surface area contributed by atoms with E-state index in [2.05, 4.69) is 4.72 Å². The minimum atomic E-state index is -4.32. The average Bonchev–Trinajstić information content (AvgIpc) is 2.44. The molecule has 1 aromatic rings. The molecule has 0 fully saturated rings. The summed E-state index contributed by atoms with van der Waals surface area (Å²) in [6.45, 7) is 3.79. The molecular weight excluding hydrogens is 317 g/mol. The van der Waals surface area contributed by atoms with Gasteiger partial charge in [0.15, 0.2) is 0 Å². The summed E-state index contributed by atoms with van der Waals surface area (Å²) in [4.78, 5) is -0.0712. The van der Waals surface area contributed by atoms with Crippen LogP contribution in [-0.4, -0.2) is 26.7 Å². The maximum atomic E-state index is 12.3. The van der Waals surface area contributed by atoms with Gasteiger partial charge in [0, 0.05) is 12.1 Å². The largest absolute Gasteiger partial charge is 0.393 e. The van der Waals surface area contributed by atoms with Gasteiger partial charge in [-0.15, -0.1) is 0 Å². The quantitative estimate of drug-likeness (QED) is 0.803. The van der Waals surface area contributed by atoms with Crippen molar-refractivity contribution in [2.75, 3.05) is 6.54 Å². The molecule has 0 bridgehead atoms. The Hall–Kier alpha value is -1.12. The van der Waals surface area contributed by atoms with Gasteiger partial charge in [0.2, 0.25) is 10.0 Å². The van der Waals surface area contributed by atoms with Crippen LogP contribution in [0.3, 0.4) is 0 Å². The monoisotopic (exact) mass is 338 g/mol. The molecule has 0 saturated heterocycles. The molecular formula is C14H21F3N2O2S. The minimum absolute atomic E-state index is 0.0162. The lowest BCUT2D eigenvalue weighted by Crippen LogP contribution is -2.52. The van der Waals surface area contributed by atoms with E-state index in [0.717, 1.165) is 0 Å². The molecule has 1 aromatic carbocycles. The van der Waals surface area contributed by atoms with E-state index >= 15 is 0 Å². The Morgan fingerprint density at radius 3 is 1.95 bits per heavy atom. The number of benzene rings is 1. The lowest BCUT2D eigenvalue weighted by atomic mass is 9.95. The van der Waals surface area contributed by atoms with Crippen LogP contribution in [0, 0.1) is 0 Å². The third kappa shape index (κ3) is 4.96. The third-order valence-corrected chi connectivity index (χ3v) is 5.33. The summed E-state index contributed by atoms with van der Waals surface area (Å²) in [6, 6.07) is 4.69. The molecule has 0 aliphatic heterocycles. The molecule has 0 unspecified atom stereocenters. The Morgan fingerprint density at radius 1 is 1.09 bits per heavy atom. The van der Waals surface area contributed by atoms with Crippen molar-refractivity contribution in [1.29, 1.82) is 0 Å². The average molecular weight is 338 g/mol. The summed E-state index contributed by atoms with van der Waals surface area (Å²) >= 11 is 0. The topological polar surface area (TPSA) is 72.2 Å². The highest BCUT2D eigenvalue weighted by atomic mass is 32.2. The number of alkyl halides is 3. The van der Waals surface area contributed by atoms with Crippen LogP contribution in [0.2, 0.25) is 0 Å². The van der Waals surface area contributed by atoms with Crippen molar-refractivity contribution in [3.8, 4) is 0 Å². The van der Waals surface area contributed by atoms with E-state index in [-0.39, 0.29) is 17.0 Å². The van der Waals surface area contributed by atoms with E-state index in [1.54, 1.807) is 0 Å². The van der Waals surface area contributed by atoms with Crippen LogP contribution >= 0.6 is 0 Å². The highest BCUT2D eigenvalue weighted by Gasteiger charge is 2.31. The smallest absolute Gasteiger partial charge is 0.329 e. The highest BCUT2D eigenvalue weighted by Crippen LogP contribution is 2.23. The third-order valence-electron chi connectivity index (χ3n) is 3.73. The van der Waals surface area contributed by atoms with E-state index in [0.29, 0.717) is 12.8 Å². The van der Waals surface area contributed by atoms with Gasteiger partial charge >= 0.3 is 6.18 Å². The summed E-state index contributed by atoms with van der Waals surface area (Å²) in [6.07, 6.45) is -4.37. The predicted molar refractivity (Wildman–Crippen MR) is 78.9 cm³/mol. The summed E-state index contributed by atoms with van der Waals surface area (Å²) in [7, 11) is -3.83. The molecule has 0 aromatic heterocycles. The van der Waals surface area contributed by atoms with E-state index in [4.69, 9.17) is 5.73 Å². The van der Waals surface area contributed by atoms with Crippen molar-refractivity contribution in [1.82, 2.24) is 4.72 Å². The second-order valence-electron chi connectivity index (χ2n) is 5.23. The molecule has 8 heteroatoms. The second kappa shape index (κ2) is 6.97. The Balaban J connectivity index is 2.99. The van der Waals surface area contributed by atoms with Gasteiger partial charge in [-0.3, -0.25) is 0 Å². The molecule has 0 aliphatic rings. The van der Waals surface area contributed by atoms with Gasteiger partial charge in [-0.1, -0.05) is 26.0 Å². The first-order valence-electron chi connectivity index (χ1n) is 6.97. The highest BCUT2D eigenvalue weighted by molar-refractivity contribution is 7.89. The van der Waals surface area contributed by atoms with Crippen molar-refractivity contribution < 1.29 is 21.6 Å². The SMILES string of the molecule is CCC(CC)(CN)NS(=O)(=O)c1ccc(CC(F)(F)F)cc1. The number of nitrogens with one attached hydrogen (secondary N) is 1. The molecule has 0 atom stereocenters. The zero-order chi connectivity index (χ0) is 17.0. The standard InChI is InChI=1S/C14H21F3N2O2S/c1-3-13(4-2,10-18)19-22(20,21)12-7-5-11(6-8-12)9-14(15,16)17/h5-8,19H,3-4,9-10,18H2,1-2H3. The maximum Gasteiger partial charge on any atom is 0.393 e. The summed E-state index contributed by atoms with van der Waals surface area (Å²) in [5, 5.41) is 0. The van der Waals surface area contributed by atoms with Crippen LogP contribution in [0.5, 0.6) is 0 Å². The Labute approximate surface area is 128 Å². The predicted octanol–water partition coefficient (Wildman–Crippen LogP) is 2.59. The van der Waals surface area contributed by atoms with Gasteiger partial charge in [0.25, 0.3) is 0 Å². The first kappa shape index (κ1) is 18.9. The number of halogens is 3. The Morgan fingerprint density at radius 2 is 1.59 bits per heavy atom.